The second-order valence-electron chi connectivity index (χ2n) is 6.46. The minimum Gasteiger partial charge on any atom is -0.465 e. The molecule has 0 aliphatic heterocycles. The summed E-state index contributed by atoms with van der Waals surface area (Å²) in [5.74, 6) is -0.285. The molecule has 156 valence electrons. The van der Waals surface area contributed by atoms with Crippen molar-refractivity contribution in [1.29, 1.82) is 0 Å². The number of fused-ring (bicyclic) bond motifs is 1. The van der Waals surface area contributed by atoms with E-state index in [2.05, 4.69) is 4.74 Å². The molecular weight excluding hydrogens is 404 g/mol. The first kappa shape index (κ1) is 20.0. The van der Waals surface area contributed by atoms with Gasteiger partial charge in [0.2, 0.25) is 16.9 Å². The largest absolute Gasteiger partial charge is 0.465 e. The number of aryl methyl sites for hydroxylation is 1. The molecule has 0 aliphatic rings. The highest BCUT2D eigenvalue weighted by Gasteiger charge is 2.17. The molecule has 0 N–H and O–H groups in total. The molecule has 0 atom stereocenters. The summed E-state index contributed by atoms with van der Waals surface area (Å²) in [6.07, 6.45) is 1.36. The average Bonchev–Trinajstić information content (AvgIpc) is 3.31. The molecule has 0 amide bonds. The molecule has 2 aromatic heterocycles. The summed E-state index contributed by atoms with van der Waals surface area (Å²) < 4.78 is 26.3. The van der Waals surface area contributed by atoms with Crippen LogP contribution in [0.25, 0.3) is 11.0 Å². The van der Waals surface area contributed by atoms with Crippen molar-refractivity contribution in [3.63, 3.8) is 0 Å². The van der Waals surface area contributed by atoms with Crippen LogP contribution in [0.3, 0.4) is 0 Å². The van der Waals surface area contributed by atoms with Crippen LogP contribution < -0.4 is 14.9 Å². The van der Waals surface area contributed by atoms with Crippen LogP contribution in [0.15, 0.2) is 74.5 Å². The number of rotatable bonds is 5. The quantitative estimate of drug-likeness (QED) is 0.343. The van der Waals surface area contributed by atoms with E-state index in [1.54, 1.807) is 25.1 Å². The zero-order valence-corrected chi connectivity index (χ0v) is 16.5. The van der Waals surface area contributed by atoms with E-state index in [-0.39, 0.29) is 39.4 Å². The number of carbonyl (C=O) groups excluding carboxylic acids is 2. The molecule has 0 saturated heterocycles. The van der Waals surface area contributed by atoms with Gasteiger partial charge in [-0.05, 0) is 55.5 Å². The number of esters is 2. The van der Waals surface area contributed by atoms with E-state index in [0.717, 1.165) is 0 Å². The topological polar surface area (TPSA) is 105 Å². The number of furan rings is 1. The Morgan fingerprint density at radius 2 is 1.68 bits per heavy atom. The normalized spacial score (nSPS) is 10.6. The third-order valence-electron chi connectivity index (χ3n) is 4.41. The summed E-state index contributed by atoms with van der Waals surface area (Å²) in [5, 5.41) is 0.254. The van der Waals surface area contributed by atoms with Crippen LogP contribution in [0.1, 0.15) is 26.7 Å². The zero-order chi connectivity index (χ0) is 22.0. The fourth-order valence-corrected chi connectivity index (χ4v) is 2.90. The Kier molecular flexibility index (Phi) is 5.28. The number of hydrogen-bond donors (Lipinski definition) is 0. The van der Waals surface area contributed by atoms with Crippen molar-refractivity contribution in [2.75, 3.05) is 7.11 Å². The molecule has 8 nitrogen and oxygen atoms in total. The molecule has 31 heavy (non-hydrogen) atoms. The first-order valence-corrected chi connectivity index (χ1v) is 9.15. The molecule has 4 aromatic rings. The highest BCUT2D eigenvalue weighted by Crippen LogP contribution is 2.28. The third kappa shape index (κ3) is 4.04. The molecule has 2 aromatic carbocycles. The predicted octanol–water partition coefficient (Wildman–Crippen LogP) is 4.49. The van der Waals surface area contributed by atoms with Crippen LogP contribution in [-0.4, -0.2) is 19.0 Å². The Morgan fingerprint density at radius 1 is 0.935 bits per heavy atom. The van der Waals surface area contributed by atoms with Crippen molar-refractivity contribution in [3.05, 3.63) is 88.2 Å². The fourth-order valence-electron chi connectivity index (χ4n) is 2.90. The van der Waals surface area contributed by atoms with Gasteiger partial charge < -0.3 is 23.0 Å². The first-order valence-electron chi connectivity index (χ1n) is 9.15. The predicted molar refractivity (Wildman–Crippen MR) is 109 cm³/mol. The lowest BCUT2D eigenvalue weighted by Gasteiger charge is -2.10. The van der Waals surface area contributed by atoms with E-state index in [4.69, 9.17) is 18.3 Å². The van der Waals surface area contributed by atoms with Gasteiger partial charge in [-0.15, -0.1) is 0 Å². The van der Waals surface area contributed by atoms with Crippen LogP contribution >= 0.6 is 0 Å². The minimum absolute atomic E-state index is 0.0126. The molecule has 0 fully saturated rings. The lowest BCUT2D eigenvalue weighted by Crippen LogP contribution is -2.09. The lowest BCUT2D eigenvalue weighted by atomic mass is 10.2. The summed E-state index contributed by atoms with van der Waals surface area (Å²) in [6, 6.07) is 13.6. The van der Waals surface area contributed by atoms with Gasteiger partial charge in [0.15, 0.2) is 0 Å². The van der Waals surface area contributed by atoms with E-state index in [1.807, 2.05) is 0 Å². The summed E-state index contributed by atoms with van der Waals surface area (Å²) in [7, 11) is 1.29. The minimum atomic E-state index is -0.668. The van der Waals surface area contributed by atoms with Crippen molar-refractivity contribution in [2.24, 2.45) is 0 Å². The summed E-state index contributed by atoms with van der Waals surface area (Å²) >= 11 is 0. The van der Waals surface area contributed by atoms with E-state index >= 15 is 0 Å². The molecular formula is C23H16O8. The van der Waals surface area contributed by atoms with E-state index in [9.17, 15) is 14.4 Å². The Bertz CT molecular complexity index is 1310. The maximum Gasteiger partial charge on any atom is 0.379 e. The summed E-state index contributed by atoms with van der Waals surface area (Å²) in [6.45, 7) is 1.58. The van der Waals surface area contributed by atoms with Gasteiger partial charge in [-0.2, -0.15) is 0 Å². The van der Waals surface area contributed by atoms with Crippen LogP contribution in [-0.2, 0) is 4.74 Å². The highest BCUT2D eigenvalue weighted by molar-refractivity contribution is 5.90. The number of hydrogen-bond acceptors (Lipinski definition) is 8. The van der Waals surface area contributed by atoms with Gasteiger partial charge in [0.1, 0.15) is 22.8 Å². The zero-order valence-electron chi connectivity index (χ0n) is 16.5. The van der Waals surface area contributed by atoms with Gasteiger partial charge in [-0.1, -0.05) is 0 Å². The molecule has 0 aliphatic carbocycles. The SMILES string of the molecule is COC(=O)c1ccc(Oc2c(C)oc3cc(OC(=O)c4ccco4)ccc3c2=O)cc1. The second kappa shape index (κ2) is 8.19. The van der Waals surface area contributed by atoms with E-state index in [0.29, 0.717) is 11.3 Å². The maximum absolute atomic E-state index is 12.9. The van der Waals surface area contributed by atoms with Crippen LogP contribution in [0.4, 0.5) is 0 Å². The van der Waals surface area contributed by atoms with Crippen LogP contribution in [0.2, 0.25) is 0 Å². The van der Waals surface area contributed by atoms with Crippen molar-refractivity contribution in [3.8, 4) is 17.2 Å². The smallest absolute Gasteiger partial charge is 0.379 e. The molecule has 8 heteroatoms. The standard InChI is InChI=1S/C23H16O8/c1-13-21(30-15-7-5-14(6-8-15)22(25)27-2)20(24)17-10-9-16(12-19(17)29-13)31-23(26)18-4-3-11-28-18/h3-12H,1-2H3. The van der Waals surface area contributed by atoms with Gasteiger partial charge in [-0.25, -0.2) is 9.59 Å². The Hall–Kier alpha value is -4.33. The number of ether oxygens (including phenoxy) is 3. The summed E-state index contributed by atoms with van der Waals surface area (Å²) in [4.78, 5) is 36.5. The monoisotopic (exact) mass is 420 g/mol. The number of carbonyl (C=O) groups is 2. The average molecular weight is 420 g/mol. The van der Waals surface area contributed by atoms with Crippen molar-refractivity contribution < 1.29 is 32.6 Å². The first-order chi connectivity index (χ1) is 15.0. The fraction of sp³-hybridized carbons (Fsp3) is 0.0870. The Morgan fingerprint density at radius 3 is 2.35 bits per heavy atom. The van der Waals surface area contributed by atoms with Crippen molar-refractivity contribution >= 4 is 22.9 Å². The molecule has 0 unspecified atom stereocenters. The van der Waals surface area contributed by atoms with Crippen molar-refractivity contribution in [1.82, 2.24) is 0 Å². The molecule has 0 spiro atoms. The highest BCUT2D eigenvalue weighted by atomic mass is 16.5. The molecule has 0 saturated carbocycles. The second-order valence-corrected chi connectivity index (χ2v) is 6.46. The molecule has 4 rings (SSSR count). The van der Waals surface area contributed by atoms with Gasteiger partial charge in [0, 0.05) is 6.07 Å². The van der Waals surface area contributed by atoms with Crippen molar-refractivity contribution in [2.45, 2.75) is 6.92 Å². The summed E-state index contributed by atoms with van der Waals surface area (Å²) in [5.41, 5.74) is 0.203. The van der Waals surface area contributed by atoms with Crippen LogP contribution in [0, 0.1) is 6.92 Å². The van der Waals surface area contributed by atoms with E-state index in [1.165, 1.54) is 49.8 Å². The molecule has 2 heterocycles. The maximum atomic E-state index is 12.9. The van der Waals surface area contributed by atoms with E-state index < -0.39 is 11.9 Å². The van der Waals surface area contributed by atoms with Gasteiger partial charge in [0.25, 0.3) is 0 Å². The van der Waals surface area contributed by atoms with Gasteiger partial charge >= 0.3 is 11.9 Å². The van der Waals surface area contributed by atoms with Gasteiger partial charge in [0.05, 0.1) is 24.3 Å². The molecule has 0 bridgehead atoms. The number of benzene rings is 2. The molecule has 0 radical (unpaired) electrons. The van der Waals surface area contributed by atoms with Crippen LogP contribution in [0.5, 0.6) is 17.2 Å². The lowest BCUT2D eigenvalue weighted by molar-refractivity contribution is 0.0600. The number of methoxy groups -OCH3 is 1. The Balaban J connectivity index is 1.61. The van der Waals surface area contributed by atoms with Gasteiger partial charge in [-0.3, -0.25) is 4.79 Å². The third-order valence-corrected chi connectivity index (χ3v) is 4.41. The Labute approximate surface area is 175 Å².